The Morgan fingerprint density at radius 2 is 1.98 bits per heavy atom. The van der Waals surface area contributed by atoms with Crippen LogP contribution < -0.4 is 9.64 Å². The van der Waals surface area contributed by atoms with Crippen LogP contribution in [0.4, 0.5) is 14.6 Å². The summed E-state index contributed by atoms with van der Waals surface area (Å²) in [4.78, 5) is 37.9. The summed E-state index contributed by atoms with van der Waals surface area (Å²) in [6.45, 7) is 6.29. The first-order chi connectivity index (χ1) is 25.2. The molecule has 4 saturated heterocycles. The molecule has 5 aromatic rings. The standard InChI is InChI=1S/C38H37ClF2N8O3/c1-21(2)35-43-29(52-46-35)10-11-30(50)48-18-25-14-24(48)19-49(25)36-27-16-42-33(26-8-3-6-22-7-4-9-28(39)31(22)26)32(41)34(27)44-37(45-36)51-20-38-12-5-13-47(38)17-23(40)15-38/h3-4,6-11,16,21,23-25H,5,12-15,17-20H2,1-2H3/b11-10+/t23-,24-,25-,38+/m1/s1. The van der Waals surface area contributed by atoms with Crippen molar-refractivity contribution in [1.29, 1.82) is 0 Å². The number of hydrogen-bond donors (Lipinski definition) is 0. The molecule has 3 aromatic heterocycles. The van der Waals surface area contributed by atoms with Gasteiger partial charge in [-0.1, -0.05) is 60.9 Å². The van der Waals surface area contributed by atoms with E-state index >= 15 is 4.39 Å². The highest BCUT2D eigenvalue weighted by molar-refractivity contribution is 6.36. The van der Waals surface area contributed by atoms with Crippen LogP contribution in [-0.2, 0) is 4.79 Å². The number of carbonyl (C=O) groups excluding carboxylic acids is 1. The van der Waals surface area contributed by atoms with Gasteiger partial charge in [-0.2, -0.15) is 15.0 Å². The predicted molar refractivity (Wildman–Crippen MR) is 192 cm³/mol. The summed E-state index contributed by atoms with van der Waals surface area (Å²) >= 11 is 6.63. The summed E-state index contributed by atoms with van der Waals surface area (Å²) in [5.41, 5.74) is 0.308. The molecule has 7 heterocycles. The van der Waals surface area contributed by atoms with Crippen LogP contribution in [0.3, 0.4) is 0 Å². The number of rotatable bonds is 8. The summed E-state index contributed by atoms with van der Waals surface area (Å²) in [5, 5.41) is 6.44. The van der Waals surface area contributed by atoms with E-state index < -0.39 is 17.5 Å². The lowest BCUT2D eigenvalue weighted by atomic mass is 9.95. The molecule has 0 saturated carbocycles. The summed E-state index contributed by atoms with van der Waals surface area (Å²) < 4.78 is 43.1. The zero-order chi connectivity index (χ0) is 35.7. The van der Waals surface area contributed by atoms with Crippen molar-refractivity contribution in [2.75, 3.05) is 37.7 Å². The van der Waals surface area contributed by atoms with E-state index in [0.717, 1.165) is 31.2 Å². The molecule has 11 nitrogen and oxygen atoms in total. The number of likely N-dealkylation sites (tertiary alicyclic amines) is 1. The molecular formula is C38H37ClF2N8O3. The van der Waals surface area contributed by atoms with E-state index in [1.54, 1.807) is 24.4 Å². The minimum absolute atomic E-state index is 0.0250. The quantitative estimate of drug-likeness (QED) is 0.162. The molecule has 4 atom stereocenters. The molecule has 0 aliphatic carbocycles. The number of ether oxygens (including phenoxy) is 1. The Morgan fingerprint density at radius 3 is 2.77 bits per heavy atom. The second-order valence-electron chi connectivity index (χ2n) is 14.7. The maximum absolute atomic E-state index is 16.9. The van der Waals surface area contributed by atoms with Gasteiger partial charge in [-0.15, -0.1) is 0 Å². The Kier molecular flexibility index (Phi) is 8.11. The maximum atomic E-state index is 16.9. The molecule has 0 unspecified atom stereocenters. The van der Waals surface area contributed by atoms with Gasteiger partial charge in [-0.25, -0.2) is 8.78 Å². The topological polar surface area (TPSA) is 114 Å². The normalized spacial score (nSPS) is 24.4. The first-order valence-corrected chi connectivity index (χ1v) is 18.2. The molecular weight excluding hydrogens is 690 g/mol. The van der Waals surface area contributed by atoms with Gasteiger partial charge in [-0.3, -0.25) is 14.7 Å². The fourth-order valence-electron chi connectivity index (χ4n) is 8.62. The second-order valence-corrected chi connectivity index (χ2v) is 15.1. The van der Waals surface area contributed by atoms with Crippen molar-refractivity contribution in [3.05, 3.63) is 71.2 Å². The van der Waals surface area contributed by atoms with Gasteiger partial charge in [0.1, 0.15) is 29.8 Å². The van der Waals surface area contributed by atoms with Crippen LogP contribution >= 0.6 is 11.6 Å². The number of aromatic nitrogens is 5. The number of piperazine rings is 1. The number of anilines is 1. The lowest BCUT2D eigenvalue weighted by molar-refractivity contribution is -0.127. The van der Waals surface area contributed by atoms with E-state index in [4.69, 9.17) is 25.8 Å². The fourth-order valence-corrected chi connectivity index (χ4v) is 8.90. The Hall–Kier alpha value is -4.75. The number of benzene rings is 2. The smallest absolute Gasteiger partial charge is 0.319 e. The van der Waals surface area contributed by atoms with Crippen molar-refractivity contribution in [2.45, 2.75) is 69.2 Å². The van der Waals surface area contributed by atoms with Crippen LogP contribution in [0.1, 0.15) is 57.2 Å². The number of carbonyl (C=O) groups is 1. The van der Waals surface area contributed by atoms with Crippen molar-refractivity contribution in [1.82, 2.24) is 34.9 Å². The third-order valence-corrected chi connectivity index (χ3v) is 11.4. The molecule has 9 rings (SSSR count). The Balaban J connectivity index is 1.05. The lowest BCUT2D eigenvalue weighted by Crippen LogP contribution is -2.48. The summed E-state index contributed by atoms with van der Waals surface area (Å²) in [7, 11) is 0. The van der Waals surface area contributed by atoms with Gasteiger partial charge in [0, 0.05) is 66.3 Å². The van der Waals surface area contributed by atoms with E-state index in [9.17, 15) is 9.18 Å². The third kappa shape index (κ3) is 5.56. The molecule has 4 aliphatic rings. The molecule has 14 heteroatoms. The fraction of sp³-hybridized carbons (Fsp3) is 0.421. The van der Waals surface area contributed by atoms with Crippen molar-refractivity contribution in [3.63, 3.8) is 0 Å². The first-order valence-electron chi connectivity index (χ1n) is 17.8. The van der Waals surface area contributed by atoms with Crippen molar-refractivity contribution in [3.8, 4) is 17.3 Å². The lowest BCUT2D eigenvalue weighted by Gasteiger charge is -2.35. The van der Waals surface area contributed by atoms with Crippen LogP contribution in [0.25, 0.3) is 39.0 Å². The first kappa shape index (κ1) is 33.1. The average molecular weight is 727 g/mol. The maximum Gasteiger partial charge on any atom is 0.319 e. The third-order valence-electron chi connectivity index (χ3n) is 11.1. The van der Waals surface area contributed by atoms with Crippen LogP contribution in [0.5, 0.6) is 6.01 Å². The number of pyridine rings is 1. The number of nitrogens with zero attached hydrogens (tertiary/aromatic N) is 8. The minimum atomic E-state index is -0.916. The summed E-state index contributed by atoms with van der Waals surface area (Å²) in [5.74, 6) is 0.700. The van der Waals surface area contributed by atoms with Gasteiger partial charge in [0.25, 0.3) is 5.89 Å². The molecule has 0 N–H and O–H groups in total. The van der Waals surface area contributed by atoms with Crippen molar-refractivity contribution < 1.29 is 22.8 Å². The molecule has 2 bridgehead atoms. The number of fused-ring (bicyclic) bond motifs is 5. The molecule has 52 heavy (non-hydrogen) atoms. The monoisotopic (exact) mass is 726 g/mol. The van der Waals surface area contributed by atoms with Crippen molar-refractivity contribution >= 4 is 51.1 Å². The van der Waals surface area contributed by atoms with Gasteiger partial charge >= 0.3 is 6.01 Å². The number of amides is 1. The highest BCUT2D eigenvalue weighted by Crippen LogP contribution is 2.43. The largest absolute Gasteiger partial charge is 0.461 e. The van der Waals surface area contributed by atoms with E-state index in [0.29, 0.717) is 59.1 Å². The van der Waals surface area contributed by atoms with E-state index in [2.05, 4.69) is 29.9 Å². The molecule has 2 aromatic carbocycles. The van der Waals surface area contributed by atoms with Crippen molar-refractivity contribution in [2.24, 2.45) is 0 Å². The highest BCUT2D eigenvalue weighted by atomic mass is 35.5. The Morgan fingerprint density at radius 1 is 1.13 bits per heavy atom. The Bertz CT molecular complexity index is 2240. The number of hydrogen-bond acceptors (Lipinski definition) is 10. The number of alkyl halides is 1. The van der Waals surface area contributed by atoms with Gasteiger partial charge in [0.2, 0.25) is 5.91 Å². The van der Waals surface area contributed by atoms with E-state index in [-0.39, 0.29) is 53.6 Å². The van der Waals surface area contributed by atoms with Gasteiger partial charge in [-0.05, 0) is 37.3 Å². The molecule has 1 amide bonds. The molecule has 0 spiro atoms. The van der Waals surface area contributed by atoms with Gasteiger partial charge in [0.15, 0.2) is 11.6 Å². The SMILES string of the molecule is CC(C)c1noc(/C=C/C(=O)N2C[C@H]3C[C@@H]2CN3c2nc(OC[C@@]34CCCN3C[C@H](F)C4)nc3c(F)c(-c4cccc5cccc(Cl)c45)ncc23)n1. The highest BCUT2D eigenvalue weighted by Gasteiger charge is 2.50. The number of halogens is 3. The van der Waals surface area contributed by atoms with Crippen LogP contribution in [0.2, 0.25) is 5.02 Å². The summed E-state index contributed by atoms with van der Waals surface area (Å²) in [6, 6.07) is 11.0. The van der Waals surface area contributed by atoms with Crippen LogP contribution in [0.15, 0.2) is 53.2 Å². The van der Waals surface area contributed by atoms with E-state index in [1.165, 1.54) is 6.08 Å². The minimum Gasteiger partial charge on any atom is -0.461 e. The molecule has 4 aliphatic heterocycles. The average Bonchev–Trinajstić information content (AvgIpc) is 3.97. The zero-order valence-corrected chi connectivity index (χ0v) is 29.6. The molecule has 4 fully saturated rings. The predicted octanol–water partition coefficient (Wildman–Crippen LogP) is 6.60. The van der Waals surface area contributed by atoms with E-state index in [1.807, 2.05) is 43.0 Å². The zero-order valence-electron chi connectivity index (χ0n) is 28.8. The van der Waals surface area contributed by atoms with Crippen LogP contribution in [0, 0.1) is 5.82 Å². The van der Waals surface area contributed by atoms with Gasteiger partial charge < -0.3 is 19.1 Å². The summed E-state index contributed by atoms with van der Waals surface area (Å²) in [6.07, 6.45) is 6.59. The molecule has 268 valence electrons. The van der Waals surface area contributed by atoms with Gasteiger partial charge in [0.05, 0.1) is 23.0 Å². The second kappa shape index (κ2) is 12.7. The Labute approximate surface area is 303 Å². The van der Waals surface area contributed by atoms with Crippen LogP contribution in [-0.4, -0.2) is 97.4 Å². The molecule has 0 radical (unpaired) electrons.